The Labute approximate surface area is 99.7 Å². The summed E-state index contributed by atoms with van der Waals surface area (Å²) in [6.07, 6.45) is 4.94. The number of ether oxygens (including phenoxy) is 2. The molecule has 2 rings (SSSR count). The van der Waals surface area contributed by atoms with Crippen LogP contribution < -0.4 is 10.5 Å². The van der Waals surface area contributed by atoms with Gasteiger partial charge in [0.15, 0.2) is 0 Å². The molecule has 0 radical (unpaired) electrons. The van der Waals surface area contributed by atoms with Crippen LogP contribution in [0.1, 0.15) is 25.0 Å². The van der Waals surface area contributed by atoms with Gasteiger partial charge in [0.05, 0.1) is 6.10 Å². The average molecular weight is 236 g/mol. The van der Waals surface area contributed by atoms with E-state index in [0.29, 0.717) is 12.3 Å². The standard InChI is InChI=1S/C11H16N4O2/c12-10(13)9-4-5-14-11(15-9)17-7-8-3-1-2-6-16-8/h4-5,8H,1-3,6-7H2,(H3,12,13). The Balaban J connectivity index is 1.89. The van der Waals surface area contributed by atoms with Crippen LogP contribution in [0.2, 0.25) is 0 Å². The lowest BCUT2D eigenvalue weighted by molar-refractivity contribution is -0.0129. The number of aromatic nitrogens is 2. The zero-order valence-electron chi connectivity index (χ0n) is 9.56. The third-order valence-electron chi connectivity index (χ3n) is 2.58. The van der Waals surface area contributed by atoms with Crippen LogP contribution in [0, 0.1) is 5.41 Å². The third kappa shape index (κ3) is 3.39. The molecule has 1 atom stereocenters. The highest BCUT2D eigenvalue weighted by Gasteiger charge is 2.15. The molecule has 0 bridgehead atoms. The molecule has 6 nitrogen and oxygen atoms in total. The molecule has 0 spiro atoms. The summed E-state index contributed by atoms with van der Waals surface area (Å²) < 4.78 is 11.0. The number of hydrogen-bond acceptors (Lipinski definition) is 5. The Morgan fingerprint density at radius 3 is 3.18 bits per heavy atom. The predicted octanol–water partition coefficient (Wildman–Crippen LogP) is 0.709. The molecule has 0 amide bonds. The first-order valence-corrected chi connectivity index (χ1v) is 5.67. The molecular weight excluding hydrogens is 220 g/mol. The highest BCUT2D eigenvalue weighted by molar-refractivity contribution is 5.92. The van der Waals surface area contributed by atoms with Crippen LogP contribution >= 0.6 is 0 Å². The van der Waals surface area contributed by atoms with Gasteiger partial charge in [-0.3, -0.25) is 5.41 Å². The smallest absolute Gasteiger partial charge is 0.317 e. The SMILES string of the molecule is N=C(N)c1ccnc(OCC2CCCCO2)n1. The Kier molecular flexibility index (Phi) is 3.87. The van der Waals surface area contributed by atoms with Gasteiger partial charge in [0.1, 0.15) is 18.1 Å². The number of nitrogens with two attached hydrogens (primary N) is 1. The lowest BCUT2D eigenvalue weighted by Gasteiger charge is -2.21. The van der Waals surface area contributed by atoms with E-state index in [1.165, 1.54) is 12.6 Å². The van der Waals surface area contributed by atoms with Crippen LogP contribution in [0.25, 0.3) is 0 Å². The van der Waals surface area contributed by atoms with Crippen LogP contribution in [-0.4, -0.2) is 35.1 Å². The zero-order chi connectivity index (χ0) is 12.1. The van der Waals surface area contributed by atoms with Crippen molar-refractivity contribution in [2.75, 3.05) is 13.2 Å². The minimum Gasteiger partial charge on any atom is -0.461 e. The second-order valence-electron chi connectivity index (χ2n) is 3.94. The summed E-state index contributed by atoms with van der Waals surface area (Å²) in [6.45, 7) is 1.24. The van der Waals surface area contributed by atoms with Gasteiger partial charge in [-0.05, 0) is 25.3 Å². The summed E-state index contributed by atoms with van der Waals surface area (Å²) in [6, 6.07) is 1.82. The van der Waals surface area contributed by atoms with Gasteiger partial charge in [-0.2, -0.15) is 4.98 Å². The summed E-state index contributed by atoms with van der Waals surface area (Å²) in [5, 5.41) is 7.27. The minimum atomic E-state index is -0.0915. The second-order valence-corrected chi connectivity index (χ2v) is 3.94. The maximum Gasteiger partial charge on any atom is 0.317 e. The molecule has 2 heterocycles. The second kappa shape index (κ2) is 5.58. The number of nitrogens with zero attached hydrogens (tertiary/aromatic N) is 2. The van der Waals surface area contributed by atoms with E-state index in [9.17, 15) is 0 Å². The first-order valence-electron chi connectivity index (χ1n) is 5.67. The van der Waals surface area contributed by atoms with Crippen LogP contribution in [0.5, 0.6) is 6.01 Å². The Hall–Kier alpha value is -1.69. The molecule has 1 aromatic rings. The fraction of sp³-hybridized carbons (Fsp3) is 0.545. The van der Waals surface area contributed by atoms with Gasteiger partial charge >= 0.3 is 6.01 Å². The summed E-state index contributed by atoms with van der Waals surface area (Å²) in [5.41, 5.74) is 5.71. The fourth-order valence-corrected chi connectivity index (χ4v) is 1.67. The average Bonchev–Trinajstić information content (AvgIpc) is 2.38. The van der Waals surface area contributed by atoms with E-state index in [1.807, 2.05) is 0 Å². The van der Waals surface area contributed by atoms with Gasteiger partial charge in [-0.15, -0.1) is 0 Å². The molecule has 3 N–H and O–H groups in total. The Morgan fingerprint density at radius 2 is 2.47 bits per heavy atom. The zero-order valence-corrected chi connectivity index (χ0v) is 9.56. The summed E-state index contributed by atoms with van der Waals surface area (Å²) in [7, 11) is 0. The highest BCUT2D eigenvalue weighted by Crippen LogP contribution is 2.13. The van der Waals surface area contributed by atoms with E-state index in [4.69, 9.17) is 20.6 Å². The van der Waals surface area contributed by atoms with Crippen LogP contribution in [0.4, 0.5) is 0 Å². The molecule has 0 aliphatic carbocycles. The topological polar surface area (TPSA) is 94.1 Å². The molecule has 0 saturated carbocycles. The first kappa shape index (κ1) is 11.8. The molecule has 1 saturated heterocycles. The quantitative estimate of drug-likeness (QED) is 0.593. The van der Waals surface area contributed by atoms with Crippen molar-refractivity contribution in [2.45, 2.75) is 25.4 Å². The molecule has 1 unspecified atom stereocenters. The van der Waals surface area contributed by atoms with E-state index >= 15 is 0 Å². The van der Waals surface area contributed by atoms with Gasteiger partial charge in [-0.25, -0.2) is 4.98 Å². The van der Waals surface area contributed by atoms with Crippen molar-refractivity contribution in [1.29, 1.82) is 5.41 Å². The van der Waals surface area contributed by atoms with Crippen molar-refractivity contribution in [2.24, 2.45) is 5.73 Å². The van der Waals surface area contributed by atoms with Crippen LogP contribution in [0.3, 0.4) is 0 Å². The molecule has 1 aliphatic heterocycles. The third-order valence-corrected chi connectivity index (χ3v) is 2.58. The van der Waals surface area contributed by atoms with E-state index in [0.717, 1.165) is 19.4 Å². The van der Waals surface area contributed by atoms with Gasteiger partial charge in [-0.1, -0.05) is 0 Å². The number of amidine groups is 1. The van der Waals surface area contributed by atoms with Crippen molar-refractivity contribution in [1.82, 2.24) is 9.97 Å². The Bertz CT molecular complexity index is 391. The molecule has 1 aromatic heterocycles. The van der Waals surface area contributed by atoms with Gasteiger partial charge < -0.3 is 15.2 Å². The number of hydrogen-bond donors (Lipinski definition) is 2. The minimum absolute atomic E-state index is 0.0915. The Morgan fingerprint density at radius 1 is 1.59 bits per heavy atom. The predicted molar refractivity (Wildman–Crippen MR) is 62.1 cm³/mol. The first-order chi connectivity index (χ1) is 8.25. The van der Waals surface area contributed by atoms with Crippen LogP contribution in [-0.2, 0) is 4.74 Å². The van der Waals surface area contributed by atoms with E-state index in [1.54, 1.807) is 6.07 Å². The summed E-state index contributed by atoms with van der Waals surface area (Å²) >= 11 is 0. The van der Waals surface area contributed by atoms with Gasteiger partial charge in [0.2, 0.25) is 0 Å². The van der Waals surface area contributed by atoms with Gasteiger partial charge in [0, 0.05) is 12.8 Å². The molecule has 92 valence electrons. The highest BCUT2D eigenvalue weighted by atomic mass is 16.5. The monoisotopic (exact) mass is 236 g/mol. The van der Waals surface area contributed by atoms with Crippen molar-refractivity contribution in [3.05, 3.63) is 18.0 Å². The number of rotatable bonds is 4. The van der Waals surface area contributed by atoms with E-state index < -0.39 is 0 Å². The molecule has 0 aromatic carbocycles. The van der Waals surface area contributed by atoms with Crippen molar-refractivity contribution in [3.63, 3.8) is 0 Å². The number of nitrogen functional groups attached to an aromatic ring is 1. The van der Waals surface area contributed by atoms with Crippen molar-refractivity contribution >= 4 is 5.84 Å². The lowest BCUT2D eigenvalue weighted by atomic mass is 10.1. The molecule has 17 heavy (non-hydrogen) atoms. The summed E-state index contributed by atoms with van der Waals surface area (Å²) in [5.74, 6) is -0.0915. The lowest BCUT2D eigenvalue weighted by Crippen LogP contribution is -2.26. The molecule has 1 fully saturated rings. The largest absolute Gasteiger partial charge is 0.461 e. The van der Waals surface area contributed by atoms with Crippen molar-refractivity contribution in [3.8, 4) is 6.01 Å². The molecule has 6 heteroatoms. The maximum absolute atomic E-state index is 7.27. The van der Waals surface area contributed by atoms with Crippen molar-refractivity contribution < 1.29 is 9.47 Å². The molecule has 1 aliphatic rings. The fourth-order valence-electron chi connectivity index (χ4n) is 1.67. The van der Waals surface area contributed by atoms with Crippen LogP contribution in [0.15, 0.2) is 12.3 Å². The van der Waals surface area contributed by atoms with Gasteiger partial charge in [0.25, 0.3) is 0 Å². The maximum atomic E-state index is 7.27. The van der Waals surface area contributed by atoms with E-state index in [-0.39, 0.29) is 18.0 Å². The van der Waals surface area contributed by atoms with E-state index in [2.05, 4.69) is 9.97 Å². The molecular formula is C11H16N4O2. The summed E-state index contributed by atoms with van der Waals surface area (Å²) in [4.78, 5) is 7.98. The normalized spacial score (nSPS) is 19.9. The number of nitrogens with one attached hydrogen (secondary N) is 1.